The van der Waals surface area contributed by atoms with Crippen molar-refractivity contribution < 1.29 is 9.32 Å². The molecule has 0 aliphatic heterocycles. The van der Waals surface area contributed by atoms with E-state index in [1.165, 1.54) is 0 Å². The summed E-state index contributed by atoms with van der Waals surface area (Å²) in [5, 5.41) is 14.3. The maximum Gasteiger partial charge on any atom is 0.251 e. The Morgan fingerprint density at radius 3 is 2.57 bits per heavy atom. The number of hydrogen-bond donors (Lipinski definition) is 1. The van der Waals surface area contributed by atoms with Gasteiger partial charge in [-0.25, -0.2) is 0 Å². The summed E-state index contributed by atoms with van der Waals surface area (Å²) in [7, 11) is 0. The van der Waals surface area contributed by atoms with E-state index in [2.05, 4.69) is 20.7 Å². The zero-order valence-corrected chi connectivity index (χ0v) is 12.9. The van der Waals surface area contributed by atoms with Crippen molar-refractivity contribution in [3.8, 4) is 5.69 Å². The summed E-state index contributed by atoms with van der Waals surface area (Å²) in [5.74, 6) is 0.485. The van der Waals surface area contributed by atoms with Gasteiger partial charge >= 0.3 is 0 Å². The smallest absolute Gasteiger partial charge is 0.251 e. The van der Waals surface area contributed by atoms with Crippen LogP contribution in [0.4, 0.5) is 0 Å². The van der Waals surface area contributed by atoms with E-state index in [0.29, 0.717) is 11.3 Å². The summed E-state index contributed by atoms with van der Waals surface area (Å²) in [6.07, 6.45) is 4.01. The Hall–Kier alpha value is -2.96. The first-order chi connectivity index (χ1) is 11.2. The lowest BCUT2D eigenvalue weighted by atomic mass is 10.1. The van der Waals surface area contributed by atoms with Crippen LogP contribution >= 0.6 is 0 Å². The van der Waals surface area contributed by atoms with Gasteiger partial charge in [0, 0.05) is 17.3 Å². The number of amides is 1. The van der Waals surface area contributed by atoms with Gasteiger partial charge in [-0.2, -0.15) is 0 Å². The fourth-order valence-corrected chi connectivity index (χ4v) is 2.17. The first-order valence-corrected chi connectivity index (χ1v) is 7.38. The Kier molecular flexibility index (Phi) is 4.18. The van der Waals surface area contributed by atoms with Gasteiger partial charge in [0.15, 0.2) is 5.76 Å². The van der Waals surface area contributed by atoms with Crippen LogP contribution in [0.15, 0.2) is 47.5 Å². The molecule has 3 rings (SSSR count). The predicted molar refractivity (Wildman–Crippen MR) is 83.1 cm³/mol. The lowest BCUT2D eigenvalue weighted by molar-refractivity contribution is 0.0934. The van der Waals surface area contributed by atoms with Crippen LogP contribution < -0.4 is 5.32 Å². The van der Waals surface area contributed by atoms with Crippen LogP contribution in [-0.2, 0) is 6.42 Å². The predicted octanol–water partition coefficient (Wildman–Crippen LogP) is 2.31. The van der Waals surface area contributed by atoms with Gasteiger partial charge in [-0.3, -0.25) is 9.36 Å². The Labute approximate surface area is 133 Å². The lowest BCUT2D eigenvalue weighted by Crippen LogP contribution is -2.26. The van der Waals surface area contributed by atoms with Crippen LogP contribution in [0.25, 0.3) is 5.69 Å². The second-order valence-corrected chi connectivity index (χ2v) is 5.19. The van der Waals surface area contributed by atoms with E-state index in [1.54, 1.807) is 29.4 Å². The molecule has 1 aromatic carbocycles. The average molecular weight is 311 g/mol. The van der Waals surface area contributed by atoms with Crippen molar-refractivity contribution in [2.45, 2.75) is 26.3 Å². The summed E-state index contributed by atoms with van der Waals surface area (Å²) in [5.41, 5.74) is 2.34. The Morgan fingerprint density at radius 1 is 1.26 bits per heavy atom. The molecular formula is C16H17N5O2. The number of nitrogens with zero attached hydrogens (tertiary/aromatic N) is 4. The minimum Gasteiger partial charge on any atom is -0.359 e. The van der Waals surface area contributed by atoms with Crippen LogP contribution in [0.2, 0.25) is 0 Å². The highest BCUT2D eigenvalue weighted by atomic mass is 16.5. The Morgan fingerprint density at radius 2 is 1.96 bits per heavy atom. The SMILES string of the molecule is CCc1cc([C@H](C)NC(=O)c2ccc(-n3cnnc3)cc2)on1. The first-order valence-electron chi connectivity index (χ1n) is 7.38. The van der Waals surface area contributed by atoms with Crippen LogP contribution in [0.1, 0.15) is 41.7 Å². The number of nitrogens with one attached hydrogen (secondary N) is 1. The number of carbonyl (C=O) groups excluding carboxylic acids is 1. The van der Waals surface area contributed by atoms with Gasteiger partial charge in [0.25, 0.3) is 5.91 Å². The number of rotatable bonds is 5. The summed E-state index contributed by atoms with van der Waals surface area (Å²) in [6, 6.07) is 8.82. The third-order valence-electron chi connectivity index (χ3n) is 3.56. The third kappa shape index (κ3) is 3.28. The van der Waals surface area contributed by atoms with Crippen molar-refractivity contribution in [3.05, 3.63) is 60.0 Å². The van der Waals surface area contributed by atoms with E-state index in [0.717, 1.165) is 17.8 Å². The van der Waals surface area contributed by atoms with E-state index < -0.39 is 0 Å². The second-order valence-electron chi connectivity index (χ2n) is 5.19. The van der Waals surface area contributed by atoms with Crippen LogP contribution in [-0.4, -0.2) is 25.8 Å². The monoisotopic (exact) mass is 311 g/mol. The zero-order valence-electron chi connectivity index (χ0n) is 12.9. The van der Waals surface area contributed by atoms with Gasteiger partial charge in [0.1, 0.15) is 12.7 Å². The molecule has 0 aliphatic rings. The van der Waals surface area contributed by atoms with Crippen LogP contribution in [0.3, 0.4) is 0 Å². The summed E-state index contributed by atoms with van der Waals surface area (Å²) in [4.78, 5) is 12.3. The summed E-state index contributed by atoms with van der Waals surface area (Å²) < 4.78 is 7.01. The number of carbonyl (C=O) groups is 1. The highest BCUT2D eigenvalue weighted by Crippen LogP contribution is 2.15. The molecule has 3 aromatic rings. The molecule has 7 heteroatoms. The molecule has 0 aliphatic carbocycles. The van der Waals surface area contributed by atoms with Crippen molar-refractivity contribution in [2.75, 3.05) is 0 Å². The van der Waals surface area contributed by atoms with E-state index in [-0.39, 0.29) is 11.9 Å². The third-order valence-corrected chi connectivity index (χ3v) is 3.56. The molecule has 0 saturated heterocycles. The summed E-state index contributed by atoms with van der Waals surface area (Å²) >= 11 is 0. The number of hydrogen-bond acceptors (Lipinski definition) is 5. The van der Waals surface area contributed by atoms with Crippen molar-refractivity contribution in [1.82, 2.24) is 25.2 Å². The quantitative estimate of drug-likeness (QED) is 0.781. The van der Waals surface area contributed by atoms with E-state index in [4.69, 9.17) is 4.52 Å². The van der Waals surface area contributed by atoms with Gasteiger partial charge in [-0.05, 0) is 37.6 Å². The standard InChI is InChI=1S/C16H17N5O2/c1-3-13-8-15(23-20-13)11(2)19-16(22)12-4-6-14(7-5-12)21-9-17-18-10-21/h4-11H,3H2,1-2H3,(H,19,22)/t11-/m0/s1. The number of aromatic nitrogens is 4. The molecule has 0 saturated carbocycles. The Balaban J connectivity index is 1.68. The maximum absolute atomic E-state index is 12.3. The molecule has 0 bridgehead atoms. The minimum absolute atomic E-state index is 0.165. The van der Waals surface area contributed by atoms with Crippen molar-refractivity contribution >= 4 is 5.91 Å². The molecule has 1 N–H and O–H groups in total. The summed E-state index contributed by atoms with van der Waals surface area (Å²) in [6.45, 7) is 3.87. The first kappa shape index (κ1) is 15.0. The molecule has 1 amide bonds. The molecule has 0 unspecified atom stereocenters. The molecule has 0 spiro atoms. The van der Waals surface area contributed by atoms with Gasteiger partial charge < -0.3 is 9.84 Å². The molecule has 0 fully saturated rings. The molecule has 2 heterocycles. The second kappa shape index (κ2) is 6.43. The molecule has 7 nitrogen and oxygen atoms in total. The van der Waals surface area contributed by atoms with E-state index >= 15 is 0 Å². The fourth-order valence-electron chi connectivity index (χ4n) is 2.17. The maximum atomic E-state index is 12.3. The lowest BCUT2D eigenvalue weighted by Gasteiger charge is -2.11. The highest BCUT2D eigenvalue weighted by molar-refractivity contribution is 5.94. The fraction of sp³-hybridized carbons (Fsp3) is 0.250. The largest absolute Gasteiger partial charge is 0.359 e. The van der Waals surface area contributed by atoms with Crippen LogP contribution in [0.5, 0.6) is 0 Å². The van der Waals surface area contributed by atoms with Crippen molar-refractivity contribution in [2.24, 2.45) is 0 Å². The average Bonchev–Trinajstić information content (AvgIpc) is 3.26. The minimum atomic E-state index is -0.243. The number of benzene rings is 1. The highest BCUT2D eigenvalue weighted by Gasteiger charge is 2.15. The van der Waals surface area contributed by atoms with Gasteiger partial charge in [0.2, 0.25) is 0 Å². The molecule has 0 radical (unpaired) electrons. The molecule has 118 valence electrons. The molecule has 1 atom stereocenters. The zero-order chi connectivity index (χ0) is 16.2. The van der Waals surface area contributed by atoms with E-state index in [1.807, 2.05) is 32.0 Å². The molecular weight excluding hydrogens is 294 g/mol. The normalized spacial score (nSPS) is 12.1. The van der Waals surface area contributed by atoms with Gasteiger partial charge in [-0.1, -0.05) is 12.1 Å². The van der Waals surface area contributed by atoms with Crippen LogP contribution in [0, 0.1) is 0 Å². The molecule has 2 aromatic heterocycles. The number of aryl methyl sites for hydroxylation is 1. The van der Waals surface area contributed by atoms with Gasteiger partial charge in [-0.15, -0.1) is 10.2 Å². The topological polar surface area (TPSA) is 85.8 Å². The van der Waals surface area contributed by atoms with Gasteiger partial charge in [0.05, 0.1) is 11.7 Å². The molecule has 23 heavy (non-hydrogen) atoms. The van der Waals surface area contributed by atoms with E-state index in [9.17, 15) is 4.79 Å². The van der Waals surface area contributed by atoms with Crippen molar-refractivity contribution in [3.63, 3.8) is 0 Å². The van der Waals surface area contributed by atoms with Crippen molar-refractivity contribution in [1.29, 1.82) is 0 Å². The Bertz CT molecular complexity index is 777.